The Kier molecular flexibility index (Phi) is 7.10. The van der Waals surface area contributed by atoms with Gasteiger partial charge in [0.2, 0.25) is 5.91 Å². The first-order chi connectivity index (χ1) is 16.2. The van der Waals surface area contributed by atoms with Crippen molar-refractivity contribution in [3.05, 3.63) is 88.9 Å². The number of nitrogens with one attached hydrogen (secondary N) is 1. The van der Waals surface area contributed by atoms with E-state index in [4.69, 9.17) is 11.6 Å². The molecule has 0 saturated heterocycles. The number of nitrogens with zero attached hydrogens (tertiary/aromatic N) is 3. The number of benzene rings is 3. The SMILES string of the molecule is Cc1ccc(-n2c(SCC(=O)Nc3ccc(Cl)cc3)nnc2-c2ccc(C(C)(C)C)cc2)cc1. The second-order valence-electron chi connectivity index (χ2n) is 9.15. The maximum Gasteiger partial charge on any atom is 0.234 e. The van der Waals surface area contributed by atoms with Crippen molar-refractivity contribution in [2.24, 2.45) is 0 Å². The lowest BCUT2D eigenvalue weighted by molar-refractivity contribution is -0.113. The third kappa shape index (κ3) is 5.69. The summed E-state index contributed by atoms with van der Waals surface area (Å²) in [6.45, 7) is 8.64. The quantitative estimate of drug-likeness (QED) is 0.298. The predicted octanol–water partition coefficient (Wildman–Crippen LogP) is 6.92. The largest absolute Gasteiger partial charge is 0.325 e. The van der Waals surface area contributed by atoms with Gasteiger partial charge in [-0.2, -0.15) is 0 Å². The zero-order chi connectivity index (χ0) is 24.3. The molecule has 0 aliphatic heterocycles. The minimum Gasteiger partial charge on any atom is -0.325 e. The zero-order valence-electron chi connectivity index (χ0n) is 19.7. The molecule has 1 aromatic heterocycles. The van der Waals surface area contributed by atoms with Crippen molar-refractivity contribution in [2.75, 3.05) is 11.1 Å². The van der Waals surface area contributed by atoms with Gasteiger partial charge in [-0.3, -0.25) is 9.36 Å². The van der Waals surface area contributed by atoms with Crippen LogP contribution in [-0.2, 0) is 10.2 Å². The van der Waals surface area contributed by atoms with Crippen LogP contribution in [0.5, 0.6) is 0 Å². The van der Waals surface area contributed by atoms with E-state index in [2.05, 4.69) is 79.6 Å². The summed E-state index contributed by atoms with van der Waals surface area (Å²) >= 11 is 7.27. The Bertz CT molecular complexity index is 1270. The molecule has 0 atom stereocenters. The van der Waals surface area contributed by atoms with E-state index in [0.717, 1.165) is 17.1 Å². The molecule has 0 spiro atoms. The van der Waals surface area contributed by atoms with Crippen LogP contribution in [0.3, 0.4) is 0 Å². The van der Waals surface area contributed by atoms with Crippen molar-refractivity contribution >= 4 is 35.0 Å². The first kappa shape index (κ1) is 24.0. The van der Waals surface area contributed by atoms with Crippen LogP contribution in [0.4, 0.5) is 5.69 Å². The number of carbonyl (C=O) groups excluding carboxylic acids is 1. The van der Waals surface area contributed by atoms with E-state index in [1.54, 1.807) is 24.3 Å². The highest BCUT2D eigenvalue weighted by Crippen LogP contribution is 2.30. The molecule has 174 valence electrons. The molecule has 3 aromatic carbocycles. The van der Waals surface area contributed by atoms with E-state index in [0.29, 0.717) is 15.9 Å². The molecule has 0 aliphatic carbocycles. The molecule has 1 N–H and O–H groups in total. The van der Waals surface area contributed by atoms with Crippen LogP contribution in [0.25, 0.3) is 17.1 Å². The second kappa shape index (κ2) is 10.0. The van der Waals surface area contributed by atoms with Crippen LogP contribution in [-0.4, -0.2) is 26.4 Å². The number of thioether (sulfide) groups is 1. The van der Waals surface area contributed by atoms with Gasteiger partial charge < -0.3 is 5.32 Å². The highest BCUT2D eigenvalue weighted by molar-refractivity contribution is 7.99. The third-order valence-electron chi connectivity index (χ3n) is 5.39. The fraction of sp³-hybridized carbons (Fsp3) is 0.222. The summed E-state index contributed by atoms with van der Waals surface area (Å²) in [6, 6.07) is 23.7. The zero-order valence-corrected chi connectivity index (χ0v) is 21.2. The summed E-state index contributed by atoms with van der Waals surface area (Å²) < 4.78 is 2.01. The fourth-order valence-corrected chi connectivity index (χ4v) is 4.33. The molecule has 0 bridgehead atoms. The minimum absolute atomic E-state index is 0.0711. The second-order valence-corrected chi connectivity index (χ2v) is 10.5. The summed E-state index contributed by atoms with van der Waals surface area (Å²) in [4.78, 5) is 12.5. The van der Waals surface area contributed by atoms with Crippen LogP contribution in [0, 0.1) is 6.92 Å². The van der Waals surface area contributed by atoms with Gasteiger partial charge >= 0.3 is 0 Å². The predicted molar refractivity (Wildman–Crippen MR) is 141 cm³/mol. The smallest absolute Gasteiger partial charge is 0.234 e. The van der Waals surface area contributed by atoms with Crippen molar-refractivity contribution in [3.63, 3.8) is 0 Å². The molecule has 1 amide bonds. The number of hydrogen-bond acceptors (Lipinski definition) is 4. The molecule has 34 heavy (non-hydrogen) atoms. The summed E-state index contributed by atoms with van der Waals surface area (Å²) in [5.41, 5.74) is 5.12. The molecule has 4 rings (SSSR count). The first-order valence-electron chi connectivity index (χ1n) is 11.0. The molecule has 0 saturated carbocycles. The van der Waals surface area contributed by atoms with Crippen molar-refractivity contribution < 1.29 is 4.79 Å². The number of aryl methyl sites for hydroxylation is 1. The van der Waals surface area contributed by atoms with Gasteiger partial charge in [0.15, 0.2) is 11.0 Å². The normalized spacial score (nSPS) is 11.4. The molecule has 7 heteroatoms. The number of amides is 1. The number of halogens is 1. The van der Waals surface area contributed by atoms with Crippen LogP contribution in [0.1, 0.15) is 31.9 Å². The minimum atomic E-state index is -0.123. The Morgan fingerprint density at radius 1 is 0.941 bits per heavy atom. The molecule has 0 aliphatic rings. The standard InChI is InChI=1S/C27H27ClN4OS/c1-18-5-15-23(16-6-18)32-25(19-7-9-20(10-8-19)27(2,3)4)30-31-26(32)34-17-24(33)29-22-13-11-21(28)12-14-22/h5-16H,17H2,1-4H3,(H,29,33). The average Bonchev–Trinajstić information content (AvgIpc) is 3.23. The molecule has 0 radical (unpaired) electrons. The average molecular weight is 491 g/mol. The number of anilines is 1. The van der Waals surface area contributed by atoms with E-state index in [9.17, 15) is 4.79 Å². The van der Waals surface area contributed by atoms with E-state index in [1.165, 1.54) is 22.9 Å². The molecule has 4 aromatic rings. The van der Waals surface area contributed by atoms with Crippen molar-refractivity contribution in [2.45, 2.75) is 38.3 Å². The summed E-state index contributed by atoms with van der Waals surface area (Å²) in [5.74, 6) is 0.821. The van der Waals surface area contributed by atoms with Gasteiger partial charge in [-0.15, -0.1) is 10.2 Å². The van der Waals surface area contributed by atoms with E-state index < -0.39 is 0 Å². The Morgan fingerprint density at radius 2 is 1.59 bits per heavy atom. The lowest BCUT2D eigenvalue weighted by Gasteiger charge is -2.19. The van der Waals surface area contributed by atoms with E-state index in [-0.39, 0.29) is 17.1 Å². The van der Waals surface area contributed by atoms with Crippen LogP contribution in [0.2, 0.25) is 5.02 Å². The van der Waals surface area contributed by atoms with Crippen molar-refractivity contribution in [1.82, 2.24) is 14.8 Å². The summed E-state index contributed by atoms with van der Waals surface area (Å²) in [5, 5.41) is 13.1. The third-order valence-corrected chi connectivity index (χ3v) is 6.58. The Balaban J connectivity index is 1.61. The number of carbonyl (C=O) groups is 1. The van der Waals surface area contributed by atoms with E-state index >= 15 is 0 Å². The maximum atomic E-state index is 12.5. The van der Waals surface area contributed by atoms with Crippen molar-refractivity contribution in [1.29, 1.82) is 0 Å². The van der Waals surface area contributed by atoms with E-state index in [1.807, 2.05) is 16.7 Å². The van der Waals surface area contributed by atoms with Gasteiger partial charge in [0, 0.05) is 22.0 Å². The molecule has 0 unspecified atom stereocenters. The first-order valence-corrected chi connectivity index (χ1v) is 12.4. The monoisotopic (exact) mass is 490 g/mol. The number of rotatable bonds is 6. The lowest BCUT2D eigenvalue weighted by atomic mass is 9.87. The lowest BCUT2D eigenvalue weighted by Crippen LogP contribution is -2.14. The Morgan fingerprint density at radius 3 is 2.21 bits per heavy atom. The maximum absolute atomic E-state index is 12.5. The summed E-state index contributed by atoms with van der Waals surface area (Å²) in [6.07, 6.45) is 0. The molecule has 5 nitrogen and oxygen atoms in total. The van der Waals surface area contributed by atoms with Gasteiger partial charge in [0.05, 0.1) is 5.75 Å². The van der Waals surface area contributed by atoms with Gasteiger partial charge in [-0.1, -0.05) is 86.1 Å². The van der Waals surface area contributed by atoms with Crippen LogP contribution < -0.4 is 5.32 Å². The van der Waals surface area contributed by atoms with Crippen LogP contribution >= 0.6 is 23.4 Å². The highest BCUT2D eigenvalue weighted by atomic mass is 35.5. The molecule has 1 heterocycles. The number of aromatic nitrogens is 3. The van der Waals surface area contributed by atoms with Gasteiger partial charge in [-0.05, 0) is 54.3 Å². The van der Waals surface area contributed by atoms with Crippen molar-refractivity contribution in [3.8, 4) is 17.1 Å². The molecular weight excluding hydrogens is 464 g/mol. The van der Waals surface area contributed by atoms with Gasteiger partial charge in [-0.25, -0.2) is 0 Å². The van der Waals surface area contributed by atoms with Crippen LogP contribution in [0.15, 0.2) is 78.0 Å². The molecule has 0 fully saturated rings. The Hall–Kier alpha value is -3.09. The van der Waals surface area contributed by atoms with Gasteiger partial charge in [0.25, 0.3) is 0 Å². The molecular formula is C27H27ClN4OS. The highest BCUT2D eigenvalue weighted by Gasteiger charge is 2.19. The topological polar surface area (TPSA) is 59.8 Å². The Labute approximate surface area is 209 Å². The number of hydrogen-bond donors (Lipinski definition) is 1. The summed E-state index contributed by atoms with van der Waals surface area (Å²) in [7, 11) is 0. The fourth-order valence-electron chi connectivity index (χ4n) is 3.46. The van der Waals surface area contributed by atoms with Gasteiger partial charge in [0.1, 0.15) is 0 Å².